The van der Waals surface area contributed by atoms with Crippen molar-refractivity contribution in [2.24, 2.45) is 0 Å². The summed E-state index contributed by atoms with van der Waals surface area (Å²) in [4.78, 5) is 20.7. The number of oxazole rings is 1. The summed E-state index contributed by atoms with van der Waals surface area (Å²) in [6, 6.07) is 11.5. The Balaban J connectivity index is 1.35. The van der Waals surface area contributed by atoms with E-state index in [1.807, 2.05) is 43.6 Å². The van der Waals surface area contributed by atoms with Gasteiger partial charge in [0.1, 0.15) is 28.7 Å². The molecule has 0 saturated carbocycles. The van der Waals surface area contributed by atoms with Crippen LogP contribution in [0.15, 0.2) is 59.4 Å². The second kappa shape index (κ2) is 9.31. The van der Waals surface area contributed by atoms with E-state index in [9.17, 15) is 0 Å². The molecule has 0 unspecified atom stereocenters. The number of morpholine rings is 1. The van der Waals surface area contributed by atoms with Gasteiger partial charge in [-0.25, -0.2) is 19.9 Å². The molecule has 4 aromatic heterocycles. The average Bonchev–Trinajstić information content (AvgIpc) is 3.36. The number of hydrogen-bond donors (Lipinski definition) is 2. The van der Waals surface area contributed by atoms with Crippen LogP contribution in [0.1, 0.15) is 0 Å². The second-order valence-electron chi connectivity index (χ2n) is 8.36. The molecule has 0 atom stereocenters. The maximum Gasteiger partial charge on any atom is 0.229 e. The lowest BCUT2D eigenvalue weighted by atomic mass is 10.1. The summed E-state index contributed by atoms with van der Waals surface area (Å²) in [6.07, 6.45) is 5.42. The van der Waals surface area contributed by atoms with Crippen molar-refractivity contribution < 1.29 is 13.9 Å². The van der Waals surface area contributed by atoms with Crippen LogP contribution in [0.4, 0.5) is 23.1 Å². The van der Waals surface area contributed by atoms with Crippen LogP contribution in [0.3, 0.4) is 0 Å². The first kappa shape index (κ1) is 22.1. The van der Waals surface area contributed by atoms with Crippen LogP contribution in [0.5, 0.6) is 5.75 Å². The molecule has 182 valence electrons. The fourth-order valence-electron chi connectivity index (χ4n) is 4.32. The largest absolute Gasteiger partial charge is 0.497 e. The Morgan fingerprint density at radius 1 is 0.917 bits per heavy atom. The van der Waals surface area contributed by atoms with E-state index in [-0.39, 0.29) is 0 Å². The number of nitrogens with one attached hydrogen (secondary N) is 2. The standard InChI is InChI=1S/C26H25N7O3/c1-27-25-19-14-29-24(32-23-6-3-16(13-28-23)33-7-9-35-10-8-33)12-18(19)20(15-30-25)26-31-21-11-17(34-2)4-5-22(21)36-26/h3-6,11-15H,7-10H2,1-2H3,(H,27,30)(H,28,29,32). The average molecular weight is 484 g/mol. The lowest BCUT2D eigenvalue weighted by Crippen LogP contribution is -2.36. The molecule has 5 heterocycles. The molecule has 1 saturated heterocycles. The quantitative estimate of drug-likeness (QED) is 0.359. The molecule has 5 aromatic rings. The Hall–Kier alpha value is -4.44. The normalized spacial score (nSPS) is 13.8. The van der Waals surface area contributed by atoms with E-state index in [1.165, 1.54) is 0 Å². The van der Waals surface area contributed by atoms with E-state index in [4.69, 9.17) is 18.9 Å². The van der Waals surface area contributed by atoms with E-state index in [2.05, 4.69) is 36.6 Å². The van der Waals surface area contributed by atoms with Crippen molar-refractivity contribution in [2.75, 3.05) is 56.0 Å². The van der Waals surface area contributed by atoms with Crippen molar-refractivity contribution in [3.63, 3.8) is 0 Å². The summed E-state index contributed by atoms with van der Waals surface area (Å²) in [6.45, 7) is 3.21. The Bertz CT molecular complexity index is 1530. The van der Waals surface area contributed by atoms with Gasteiger partial charge in [0.05, 0.1) is 37.8 Å². The van der Waals surface area contributed by atoms with Crippen molar-refractivity contribution >= 4 is 45.0 Å². The monoisotopic (exact) mass is 483 g/mol. The van der Waals surface area contributed by atoms with Crippen LogP contribution < -0.4 is 20.3 Å². The molecular weight excluding hydrogens is 458 g/mol. The van der Waals surface area contributed by atoms with Crippen molar-refractivity contribution in [2.45, 2.75) is 0 Å². The van der Waals surface area contributed by atoms with Gasteiger partial charge in [-0.15, -0.1) is 0 Å². The zero-order chi connectivity index (χ0) is 24.5. The predicted molar refractivity (Wildman–Crippen MR) is 139 cm³/mol. The SMILES string of the molecule is CNc1ncc(-c2nc3cc(OC)ccc3o2)c2cc(Nc3ccc(N4CCOCC4)cn3)ncc12. The van der Waals surface area contributed by atoms with E-state index in [1.54, 1.807) is 19.5 Å². The maximum atomic E-state index is 6.07. The molecule has 0 bridgehead atoms. The van der Waals surface area contributed by atoms with E-state index >= 15 is 0 Å². The van der Waals surface area contributed by atoms with Crippen LogP contribution in [-0.2, 0) is 4.74 Å². The molecule has 0 radical (unpaired) electrons. The van der Waals surface area contributed by atoms with Crippen molar-refractivity contribution in [1.82, 2.24) is 19.9 Å². The molecular formula is C26H25N7O3. The molecule has 1 fully saturated rings. The lowest BCUT2D eigenvalue weighted by Gasteiger charge is -2.28. The smallest absolute Gasteiger partial charge is 0.229 e. The molecule has 6 rings (SSSR count). The third-order valence-electron chi connectivity index (χ3n) is 6.21. The van der Waals surface area contributed by atoms with Gasteiger partial charge < -0.3 is 29.4 Å². The van der Waals surface area contributed by atoms with Gasteiger partial charge in [0, 0.05) is 49.4 Å². The van der Waals surface area contributed by atoms with Crippen LogP contribution in [0.25, 0.3) is 33.3 Å². The Labute approximate surface area is 207 Å². The molecule has 1 aliphatic heterocycles. The minimum Gasteiger partial charge on any atom is -0.497 e. The Morgan fingerprint density at radius 2 is 1.78 bits per heavy atom. The molecule has 36 heavy (non-hydrogen) atoms. The first-order valence-electron chi connectivity index (χ1n) is 11.7. The van der Waals surface area contributed by atoms with Gasteiger partial charge in [-0.2, -0.15) is 0 Å². The lowest BCUT2D eigenvalue weighted by molar-refractivity contribution is 0.122. The Morgan fingerprint density at radius 3 is 2.56 bits per heavy atom. The molecule has 0 amide bonds. The number of aromatic nitrogens is 4. The summed E-state index contributed by atoms with van der Waals surface area (Å²) >= 11 is 0. The zero-order valence-corrected chi connectivity index (χ0v) is 20.0. The highest BCUT2D eigenvalue weighted by molar-refractivity contribution is 6.01. The second-order valence-corrected chi connectivity index (χ2v) is 8.36. The fraction of sp³-hybridized carbons (Fsp3) is 0.231. The fourth-order valence-corrected chi connectivity index (χ4v) is 4.32. The van der Waals surface area contributed by atoms with Crippen LogP contribution in [0, 0.1) is 0 Å². The molecule has 1 aliphatic rings. The summed E-state index contributed by atoms with van der Waals surface area (Å²) in [5.41, 5.74) is 3.23. The van der Waals surface area contributed by atoms with Gasteiger partial charge in [0.25, 0.3) is 0 Å². The van der Waals surface area contributed by atoms with Gasteiger partial charge in [0.15, 0.2) is 5.58 Å². The first-order chi connectivity index (χ1) is 17.7. The third kappa shape index (κ3) is 4.11. The van der Waals surface area contributed by atoms with E-state index in [0.717, 1.165) is 59.9 Å². The molecule has 10 nitrogen and oxygen atoms in total. The summed E-state index contributed by atoms with van der Waals surface area (Å²) in [5, 5.41) is 8.20. The number of ether oxygens (including phenoxy) is 2. The third-order valence-corrected chi connectivity index (χ3v) is 6.21. The molecule has 2 N–H and O–H groups in total. The topological polar surface area (TPSA) is 110 Å². The van der Waals surface area contributed by atoms with Crippen molar-refractivity contribution in [3.8, 4) is 17.2 Å². The number of hydrogen-bond acceptors (Lipinski definition) is 10. The van der Waals surface area contributed by atoms with Gasteiger partial charge >= 0.3 is 0 Å². The van der Waals surface area contributed by atoms with Crippen LogP contribution >= 0.6 is 0 Å². The van der Waals surface area contributed by atoms with Gasteiger partial charge in [-0.05, 0) is 30.3 Å². The number of benzene rings is 1. The summed E-state index contributed by atoms with van der Waals surface area (Å²) in [7, 11) is 3.46. The summed E-state index contributed by atoms with van der Waals surface area (Å²) < 4.78 is 16.8. The number of pyridine rings is 3. The molecule has 0 aliphatic carbocycles. The van der Waals surface area contributed by atoms with Gasteiger partial charge in [0.2, 0.25) is 5.89 Å². The highest BCUT2D eigenvalue weighted by atomic mass is 16.5. The minimum absolute atomic E-state index is 0.476. The van der Waals surface area contributed by atoms with Crippen molar-refractivity contribution in [1.29, 1.82) is 0 Å². The van der Waals surface area contributed by atoms with E-state index in [0.29, 0.717) is 28.6 Å². The summed E-state index contributed by atoms with van der Waals surface area (Å²) in [5.74, 6) is 3.28. The van der Waals surface area contributed by atoms with Gasteiger partial charge in [-0.1, -0.05) is 0 Å². The van der Waals surface area contributed by atoms with Gasteiger partial charge in [-0.3, -0.25) is 0 Å². The molecule has 10 heteroatoms. The highest BCUT2D eigenvalue weighted by Gasteiger charge is 2.16. The number of methoxy groups -OCH3 is 1. The van der Waals surface area contributed by atoms with Crippen LogP contribution in [-0.4, -0.2) is 60.4 Å². The zero-order valence-electron chi connectivity index (χ0n) is 20.0. The number of rotatable bonds is 6. The number of anilines is 4. The van der Waals surface area contributed by atoms with Crippen molar-refractivity contribution in [3.05, 3.63) is 55.0 Å². The maximum absolute atomic E-state index is 6.07. The first-order valence-corrected chi connectivity index (χ1v) is 11.7. The highest BCUT2D eigenvalue weighted by Crippen LogP contribution is 2.34. The van der Waals surface area contributed by atoms with E-state index < -0.39 is 0 Å². The van der Waals surface area contributed by atoms with Crippen LogP contribution in [0.2, 0.25) is 0 Å². The Kier molecular flexibility index (Phi) is 5.70. The number of fused-ring (bicyclic) bond motifs is 2. The number of nitrogens with zero attached hydrogens (tertiary/aromatic N) is 5. The predicted octanol–water partition coefficient (Wildman–Crippen LogP) is 4.46. The molecule has 1 aromatic carbocycles. The minimum atomic E-state index is 0.476. The molecule has 0 spiro atoms.